The van der Waals surface area contributed by atoms with Gasteiger partial charge >= 0.3 is 0 Å². The van der Waals surface area contributed by atoms with Gasteiger partial charge in [-0.25, -0.2) is 4.39 Å². The number of halogens is 2. The fraction of sp³-hybridized carbons (Fsp3) is 0.625. The van der Waals surface area contributed by atoms with Gasteiger partial charge in [0.15, 0.2) is 0 Å². The number of hydrogen-bond acceptors (Lipinski definition) is 3. The summed E-state index contributed by atoms with van der Waals surface area (Å²) in [6.07, 6.45) is 1.10. The molecule has 0 amide bonds. The lowest BCUT2D eigenvalue weighted by molar-refractivity contribution is 0.152. The first-order valence-electron chi connectivity index (χ1n) is 7.65. The topological polar surface area (TPSA) is 18.5 Å². The first-order valence-corrected chi connectivity index (χ1v) is 8.45. The van der Waals surface area contributed by atoms with Gasteiger partial charge in [0.05, 0.1) is 0 Å². The van der Waals surface area contributed by atoms with Crippen molar-refractivity contribution in [2.75, 3.05) is 46.3 Å². The second kappa shape index (κ2) is 8.22. The Hall–Kier alpha value is -0.490. The third-order valence-corrected chi connectivity index (χ3v) is 4.62. The Labute approximate surface area is 135 Å². The van der Waals surface area contributed by atoms with E-state index in [1.807, 2.05) is 19.1 Å². The summed E-state index contributed by atoms with van der Waals surface area (Å²) in [6.45, 7) is 8.70. The molecule has 0 aromatic heterocycles. The van der Waals surface area contributed by atoms with Gasteiger partial charge in [-0.05, 0) is 45.6 Å². The van der Waals surface area contributed by atoms with Crippen molar-refractivity contribution in [3.63, 3.8) is 0 Å². The molecule has 1 atom stereocenters. The monoisotopic (exact) mass is 357 g/mol. The molecule has 5 heteroatoms. The van der Waals surface area contributed by atoms with Crippen LogP contribution in [-0.2, 0) is 0 Å². The summed E-state index contributed by atoms with van der Waals surface area (Å²) >= 11 is 3.29. The van der Waals surface area contributed by atoms with E-state index < -0.39 is 0 Å². The first kappa shape index (κ1) is 16.9. The Morgan fingerprint density at radius 3 is 2.67 bits per heavy atom. The van der Waals surface area contributed by atoms with Gasteiger partial charge in [-0.3, -0.25) is 0 Å². The van der Waals surface area contributed by atoms with Crippen molar-refractivity contribution in [3.8, 4) is 0 Å². The summed E-state index contributed by atoms with van der Waals surface area (Å²) < 4.78 is 14.6. The van der Waals surface area contributed by atoms with E-state index >= 15 is 0 Å². The fourth-order valence-corrected chi connectivity index (χ4v) is 2.99. The average Bonchev–Trinajstić information content (AvgIpc) is 2.45. The highest BCUT2D eigenvalue weighted by Crippen LogP contribution is 2.20. The zero-order valence-electron chi connectivity index (χ0n) is 12.9. The maximum absolute atomic E-state index is 13.9. The summed E-state index contributed by atoms with van der Waals surface area (Å²) in [6, 6.07) is 5.31. The molecule has 1 heterocycles. The number of nitrogens with zero attached hydrogens (tertiary/aromatic N) is 2. The second-order valence-electron chi connectivity index (χ2n) is 5.84. The maximum Gasteiger partial charge on any atom is 0.129 e. The molecule has 1 fully saturated rings. The van der Waals surface area contributed by atoms with Gasteiger partial charge in [-0.1, -0.05) is 22.0 Å². The molecule has 1 aromatic carbocycles. The lowest BCUT2D eigenvalue weighted by atomic mass is 10.1. The molecule has 0 saturated carbocycles. The van der Waals surface area contributed by atoms with E-state index in [4.69, 9.17) is 0 Å². The van der Waals surface area contributed by atoms with Gasteiger partial charge < -0.3 is 15.1 Å². The summed E-state index contributed by atoms with van der Waals surface area (Å²) in [5.41, 5.74) is 0.734. The number of likely N-dealkylation sites (N-methyl/N-ethyl adjacent to an activating group) is 1. The minimum absolute atomic E-state index is 0.0468. The fourth-order valence-electron chi connectivity index (χ4n) is 2.66. The van der Waals surface area contributed by atoms with Gasteiger partial charge in [0.2, 0.25) is 0 Å². The van der Waals surface area contributed by atoms with Gasteiger partial charge in [-0.2, -0.15) is 0 Å². The molecule has 1 aliphatic rings. The van der Waals surface area contributed by atoms with Crippen molar-refractivity contribution >= 4 is 15.9 Å². The molecule has 0 spiro atoms. The molecular formula is C16H25BrFN3. The molecule has 1 unspecified atom stereocenters. The Bertz CT molecular complexity index is 447. The van der Waals surface area contributed by atoms with Crippen LogP contribution in [0.1, 0.15) is 24.9 Å². The highest BCUT2D eigenvalue weighted by molar-refractivity contribution is 9.10. The SMILES string of the molecule is CC(NCCCN1CCN(C)CC1)c1ccc(Br)cc1F. The van der Waals surface area contributed by atoms with E-state index in [2.05, 4.69) is 38.1 Å². The number of hydrogen-bond donors (Lipinski definition) is 1. The van der Waals surface area contributed by atoms with Crippen LogP contribution >= 0.6 is 15.9 Å². The zero-order valence-corrected chi connectivity index (χ0v) is 14.5. The largest absolute Gasteiger partial charge is 0.310 e. The highest BCUT2D eigenvalue weighted by atomic mass is 79.9. The number of benzene rings is 1. The minimum Gasteiger partial charge on any atom is -0.310 e. The molecule has 118 valence electrons. The number of nitrogens with one attached hydrogen (secondary N) is 1. The van der Waals surface area contributed by atoms with Crippen LogP contribution in [0.4, 0.5) is 4.39 Å². The first-order chi connectivity index (χ1) is 10.1. The van der Waals surface area contributed by atoms with Crippen LogP contribution in [0.15, 0.2) is 22.7 Å². The smallest absolute Gasteiger partial charge is 0.129 e. The molecule has 2 rings (SSSR count). The van der Waals surface area contributed by atoms with E-state index in [-0.39, 0.29) is 11.9 Å². The third-order valence-electron chi connectivity index (χ3n) is 4.13. The molecule has 1 saturated heterocycles. The summed E-state index contributed by atoms with van der Waals surface area (Å²) in [5, 5.41) is 3.42. The molecule has 1 aliphatic heterocycles. The van der Waals surface area contributed by atoms with E-state index in [9.17, 15) is 4.39 Å². The van der Waals surface area contributed by atoms with Gasteiger partial charge in [0.1, 0.15) is 5.82 Å². The molecule has 1 N–H and O–H groups in total. The minimum atomic E-state index is -0.150. The van der Waals surface area contributed by atoms with Crippen molar-refractivity contribution in [3.05, 3.63) is 34.1 Å². The maximum atomic E-state index is 13.9. The van der Waals surface area contributed by atoms with Crippen LogP contribution in [0, 0.1) is 5.82 Å². The molecular weight excluding hydrogens is 333 g/mol. The van der Waals surface area contributed by atoms with Crippen LogP contribution < -0.4 is 5.32 Å². The van der Waals surface area contributed by atoms with Crippen LogP contribution in [0.3, 0.4) is 0 Å². The van der Waals surface area contributed by atoms with Crippen LogP contribution in [-0.4, -0.2) is 56.1 Å². The number of piperazine rings is 1. The standard InChI is InChI=1S/C16H25BrFN3/c1-13(15-5-4-14(17)12-16(15)18)19-6-3-7-21-10-8-20(2)9-11-21/h4-5,12-13,19H,3,6-11H2,1-2H3. The Kier molecular flexibility index (Phi) is 6.61. The molecule has 21 heavy (non-hydrogen) atoms. The third kappa shape index (κ3) is 5.33. The normalized spacial score (nSPS) is 18.9. The zero-order chi connectivity index (χ0) is 15.2. The predicted molar refractivity (Wildman–Crippen MR) is 89.1 cm³/mol. The molecule has 0 bridgehead atoms. The Morgan fingerprint density at radius 2 is 2.00 bits per heavy atom. The van der Waals surface area contributed by atoms with Crippen molar-refractivity contribution in [2.45, 2.75) is 19.4 Å². The molecule has 1 aromatic rings. The van der Waals surface area contributed by atoms with Crippen LogP contribution in [0.25, 0.3) is 0 Å². The van der Waals surface area contributed by atoms with Crippen LogP contribution in [0.5, 0.6) is 0 Å². The summed E-state index contributed by atoms with van der Waals surface area (Å²) in [7, 11) is 2.17. The summed E-state index contributed by atoms with van der Waals surface area (Å²) in [4.78, 5) is 4.87. The molecule has 0 aliphatic carbocycles. The van der Waals surface area contributed by atoms with Gasteiger partial charge in [0.25, 0.3) is 0 Å². The Morgan fingerprint density at radius 1 is 1.29 bits per heavy atom. The van der Waals surface area contributed by atoms with Crippen molar-refractivity contribution in [2.24, 2.45) is 0 Å². The van der Waals surface area contributed by atoms with Gasteiger partial charge in [-0.15, -0.1) is 0 Å². The molecule has 0 radical (unpaired) electrons. The second-order valence-corrected chi connectivity index (χ2v) is 6.76. The molecule has 3 nitrogen and oxygen atoms in total. The average molecular weight is 358 g/mol. The highest BCUT2D eigenvalue weighted by Gasteiger charge is 2.14. The summed E-state index contributed by atoms with van der Waals surface area (Å²) in [5.74, 6) is -0.150. The van der Waals surface area contributed by atoms with E-state index in [1.54, 1.807) is 0 Å². The lowest BCUT2D eigenvalue weighted by Crippen LogP contribution is -2.45. The van der Waals surface area contributed by atoms with Crippen molar-refractivity contribution in [1.29, 1.82) is 0 Å². The van der Waals surface area contributed by atoms with E-state index in [0.717, 1.165) is 55.7 Å². The predicted octanol–water partition coefficient (Wildman–Crippen LogP) is 2.88. The van der Waals surface area contributed by atoms with Crippen LogP contribution in [0.2, 0.25) is 0 Å². The lowest BCUT2D eigenvalue weighted by Gasteiger charge is -2.32. The quantitative estimate of drug-likeness (QED) is 0.789. The Balaban J connectivity index is 1.68. The van der Waals surface area contributed by atoms with E-state index in [0.29, 0.717) is 0 Å². The number of rotatable bonds is 6. The van der Waals surface area contributed by atoms with E-state index in [1.165, 1.54) is 6.07 Å². The van der Waals surface area contributed by atoms with Gasteiger partial charge in [0, 0.05) is 42.3 Å². The van der Waals surface area contributed by atoms with Crippen molar-refractivity contribution < 1.29 is 4.39 Å². The van der Waals surface area contributed by atoms with Crippen molar-refractivity contribution in [1.82, 2.24) is 15.1 Å².